The lowest BCUT2D eigenvalue weighted by Gasteiger charge is -2.10. The van der Waals surface area contributed by atoms with Crippen molar-refractivity contribution in [3.8, 4) is 0 Å². The summed E-state index contributed by atoms with van der Waals surface area (Å²) in [6.07, 6.45) is 0. The molecule has 1 rings (SSSR count). The highest BCUT2D eigenvalue weighted by Crippen LogP contribution is 2.27. The molecule has 6 heteroatoms. The summed E-state index contributed by atoms with van der Waals surface area (Å²) in [4.78, 5) is 17.8. The molecular formula is C9H15N3O2S. The first-order valence-corrected chi connectivity index (χ1v) is 5.56. The Kier molecular flexibility index (Phi) is 3.90. The fourth-order valence-corrected chi connectivity index (χ4v) is 1.87. The summed E-state index contributed by atoms with van der Waals surface area (Å²) in [6.45, 7) is 4.92. The Morgan fingerprint density at radius 1 is 1.60 bits per heavy atom. The molecule has 1 aromatic heterocycles. The van der Waals surface area contributed by atoms with Crippen molar-refractivity contribution in [2.75, 3.05) is 30.8 Å². The number of nitrogens with zero attached hydrogens (tertiary/aromatic N) is 2. The van der Waals surface area contributed by atoms with E-state index in [2.05, 4.69) is 4.98 Å². The molecule has 0 aliphatic carbocycles. The molecular weight excluding hydrogens is 214 g/mol. The summed E-state index contributed by atoms with van der Waals surface area (Å²) >= 11 is 1.26. The highest BCUT2D eigenvalue weighted by Gasteiger charge is 2.18. The average Bonchev–Trinajstić information content (AvgIpc) is 2.59. The number of esters is 1. The quantitative estimate of drug-likeness (QED) is 0.789. The van der Waals surface area contributed by atoms with Gasteiger partial charge in [-0.05, 0) is 13.8 Å². The van der Waals surface area contributed by atoms with E-state index in [1.54, 1.807) is 6.92 Å². The lowest BCUT2D eigenvalue weighted by molar-refractivity contribution is 0.0533. The van der Waals surface area contributed by atoms with Gasteiger partial charge in [0.15, 0.2) is 15.8 Å². The zero-order chi connectivity index (χ0) is 11.4. The number of ether oxygens (including phenoxy) is 1. The Bertz CT molecular complexity index is 351. The second kappa shape index (κ2) is 4.97. The van der Waals surface area contributed by atoms with Crippen LogP contribution in [-0.4, -0.2) is 31.2 Å². The molecule has 0 saturated carbocycles. The summed E-state index contributed by atoms with van der Waals surface area (Å²) in [5, 5.41) is 0.734. The zero-order valence-corrected chi connectivity index (χ0v) is 9.93. The number of aromatic nitrogens is 1. The number of thiazole rings is 1. The normalized spacial score (nSPS) is 10.1. The molecule has 1 aromatic rings. The van der Waals surface area contributed by atoms with Crippen LogP contribution >= 0.6 is 11.3 Å². The number of nitrogen functional groups attached to an aromatic ring is 1. The molecule has 15 heavy (non-hydrogen) atoms. The van der Waals surface area contributed by atoms with E-state index in [9.17, 15) is 4.79 Å². The van der Waals surface area contributed by atoms with Crippen LogP contribution in [-0.2, 0) is 4.74 Å². The second-order valence-corrected chi connectivity index (χ2v) is 3.92. The minimum Gasteiger partial charge on any atom is -0.462 e. The summed E-state index contributed by atoms with van der Waals surface area (Å²) in [5.74, 6) is -0.156. The number of rotatable bonds is 4. The molecule has 0 saturated heterocycles. The summed E-state index contributed by atoms with van der Waals surface area (Å²) < 4.78 is 4.87. The largest absolute Gasteiger partial charge is 0.462 e. The zero-order valence-electron chi connectivity index (χ0n) is 9.11. The smallest absolute Gasteiger partial charge is 0.352 e. The van der Waals surface area contributed by atoms with Crippen LogP contribution in [0.1, 0.15) is 23.5 Å². The Hall–Kier alpha value is -1.30. The maximum absolute atomic E-state index is 11.4. The molecule has 0 amide bonds. The summed E-state index contributed by atoms with van der Waals surface area (Å²) in [7, 11) is 1.90. The van der Waals surface area contributed by atoms with Crippen LogP contribution in [0.3, 0.4) is 0 Å². The Balaban J connectivity index is 2.90. The standard InChI is InChI=1S/C9H15N3O2S/c1-4-12(3)9-11-7(10)6(15-9)8(13)14-5-2/h4-5,10H2,1-3H3. The first-order chi connectivity index (χ1) is 7.10. The van der Waals surface area contributed by atoms with Gasteiger partial charge in [-0.25, -0.2) is 9.78 Å². The van der Waals surface area contributed by atoms with E-state index >= 15 is 0 Å². The van der Waals surface area contributed by atoms with E-state index in [-0.39, 0.29) is 5.82 Å². The van der Waals surface area contributed by atoms with Crippen LogP contribution in [0.4, 0.5) is 10.9 Å². The molecule has 1 heterocycles. The number of carbonyl (C=O) groups is 1. The van der Waals surface area contributed by atoms with Gasteiger partial charge in [-0.15, -0.1) is 0 Å². The van der Waals surface area contributed by atoms with Crippen molar-refractivity contribution in [1.82, 2.24) is 4.98 Å². The average molecular weight is 229 g/mol. The molecule has 0 radical (unpaired) electrons. The molecule has 0 atom stereocenters. The van der Waals surface area contributed by atoms with Crippen molar-refractivity contribution >= 4 is 28.3 Å². The van der Waals surface area contributed by atoms with Crippen LogP contribution in [0.25, 0.3) is 0 Å². The van der Waals surface area contributed by atoms with E-state index in [1.807, 2.05) is 18.9 Å². The molecule has 84 valence electrons. The number of anilines is 2. The highest BCUT2D eigenvalue weighted by molar-refractivity contribution is 7.18. The molecule has 0 bridgehead atoms. The SMILES string of the molecule is CCOC(=O)c1sc(N(C)CC)nc1N. The Morgan fingerprint density at radius 2 is 2.27 bits per heavy atom. The number of nitrogens with two attached hydrogens (primary N) is 1. The van der Waals surface area contributed by atoms with Crippen molar-refractivity contribution in [2.24, 2.45) is 0 Å². The third-order valence-corrected chi connectivity index (χ3v) is 3.07. The van der Waals surface area contributed by atoms with Crippen molar-refractivity contribution < 1.29 is 9.53 Å². The van der Waals surface area contributed by atoms with Gasteiger partial charge >= 0.3 is 5.97 Å². The Morgan fingerprint density at radius 3 is 2.80 bits per heavy atom. The molecule has 0 fully saturated rings. The lowest BCUT2D eigenvalue weighted by Crippen LogP contribution is -2.15. The van der Waals surface area contributed by atoms with E-state index in [1.165, 1.54) is 11.3 Å². The molecule has 5 nitrogen and oxygen atoms in total. The van der Waals surface area contributed by atoms with E-state index in [0.717, 1.165) is 11.7 Å². The van der Waals surface area contributed by atoms with Crippen LogP contribution in [0.15, 0.2) is 0 Å². The van der Waals surface area contributed by atoms with Crippen molar-refractivity contribution in [2.45, 2.75) is 13.8 Å². The molecule has 0 aromatic carbocycles. The molecule has 0 aliphatic rings. The van der Waals surface area contributed by atoms with Crippen LogP contribution < -0.4 is 10.6 Å². The monoisotopic (exact) mass is 229 g/mol. The van der Waals surface area contributed by atoms with Gasteiger partial charge in [0.2, 0.25) is 0 Å². The summed E-state index contributed by atoms with van der Waals surface area (Å²) in [5.41, 5.74) is 5.64. The first-order valence-electron chi connectivity index (χ1n) is 4.74. The van der Waals surface area contributed by atoms with Crippen LogP contribution in [0.5, 0.6) is 0 Å². The van der Waals surface area contributed by atoms with Crippen LogP contribution in [0, 0.1) is 0 Å². The van der Waals surface area contributed by atoms with E-state index < -0.39 is 5.97 Å². The van der Waals surface area contributed by atoms with Gasteiger partial charge in [-0.1, -0.05) is 11.3 Å². The lowest BCUT2D eigenvalue weighted by atomic mass is 10.5. The highest BCUT2D eigenvalue weighted by atomic mass is 32.1. The third-order valence-electron chi connectivity index (χ3n) is 1.90. The number of hydrogen-bond donors (Lipinski definition) is 1. The minimum atomic E-state index is -0.400. The predicted octanol–water partition coefficient (Wildman–Crippen LogP) is 1.36. The van der Waals surface area contributed by atoms with Gasteiger partial charge < -0.3 is 15.4 Å². The molecule has 2 N–H and O–H groups in total. The van der Waals surface area contributed by atoms with Gasteiger partial charge in [0.25, 0.3) is 0 Å². The maximum atomic E-state index is 11.4. The van der Waals surface area contributed by atoms with Gasteiger partial charge in [0.05, 0.1) is 6.61 Å². The van der Waals surface area contributed by atoms with Gasteiger partial charge in [0, 0.05) is 13.6 Å². The fourth-order valence-electron chi connectivity index (χ4n) is 0.962. The van der Waals surface area contributed by atoms with E-state index in [4.69, 9.17) is 10.5 Å². The number of hydrogen-bond acceptors (Lipinski definition) is 6. The van der Waals surface area contributed by atoms with Crippen LogP contribution in [0.2, 0.25) is 0 Å². The molecule has 0 aliphatic heterocycles. The fraction of sp³-hybridized carbons (Fsp3) is 0.556. The Labute approximate surface area is 92.9 Å². The molecule has 0 spiro atoms. The predicted molar refractivity (Wildman–Crippen MR) is 61.4 cm³/mol. The minimum absolute atomic E-state index is 0.244. The van der Waals surface area contributed by atoms with Crippen molar-refractivity contribution in [3.63, 3.8) is 0 Å². The van der Waals surface area contributed by atoms with Gasteiger partial charge in [-0.3, -0.25) is 0 Å². The summed E-state index contributed by atoms with van der Waals surface area (Å²) in [6, 6.07) is 0. The van der Waals surface area contributed by atoms with Crippen molar-refractivity contribution in [3.05, 3.63) is 4.88 Å². The van der Waals surface area contributed by atoms with E-state index in [0.29, 0.717) is 11.5 Å². The number of carbonyl (C=O) groups excluding carboxylic acids is 1. The maximum Gasteiger partial charge on any atom is 0.352 e. The molecule has 0 unspecified atom stereocenters. The third kappa shape index (κ3) is 2.59. The second-order valence-electron chi connectivity index (χ2n) is 2.95. The topological polar surface area (TPSA) is 68.5 Å². The van der Waals surface area contributed by atoms with Gasteiger partial charge in [0.1, 0.15) is 0 Å². The van der Waals surface area contributed by atoms with Gasteiger partial charge in [-0.2, -0.15) is 0 Å². The van der Waals surface area contributed by atoms with Crippen molar-refractivity contribution in [1.29, 1.82) is 0 Å². The first kappa shape index (κ1) is 11.8.